The molecular weight excluding hydrogens is 392 g/mol. The highest BCUT2D eigenvalue weighted by atomic mass is 32.2. The molecule has 0 spiro atoms. The van der Waals surface area contributed by atoms with Crippen molar-refractivity contribution in [1.82, 2.24) is 19.7 Å². The monoisotopic (exact) mass is 426 g/mol. The van der Waals surface area contributed by atoms with Crippen molar-refractivity contribution in [2.45, 2.75) is 63.3 Å². The van der Waals surface area contributed by atoms with E-state index in [1.165, 1.54) is 17.6 Å². The second kappa shape index (κ2) is 10.6. The molecule has 2 saturated heterocycles. The largest absolute Gasteiger partial charge is 0.377 e. The van der Waals surface area contributed by atoms with Crippen LogP contribution >= 0.6 is 11.8 Å². The number of piperidine rings is 1. The SMILES string of the molecule is C/C=C(\C)CN1CCC(c2nnc(SC[C@@H]3CCCO3)n2Cc2ccccc2)CC1. The summed E-state index contributed by atoms with van der Waals surface area (Å²) in [4.78, 5) is 2.57. The lowest BCUT2D eigenvalue weighted by atomic mass is 9.95. The van der Waals surface area contributed by atoms with Crippen molar-refractivity contribution < 1.29 is 4.74 Å². The van der Waals surface area contributed by atoms with Gasteiger partial charge in [-0.25, -0.2) is 0 Å². The lowest BCUT2D eigenvalue weighted by Crippen LogP contribution is -2.34. The van der Waals surface area contributed by atoms with E-state index in [4.69, 9.17) is 9.84 Å². The van der Waals surface area contributed by atoms with Crippen molar-refractivity contribution >= 4 is 11.8 Å². The van der Waals surface area contributed by atoms with Gasteiger partial charge in [-0.15, -0.1) is 10.2 Å². The maximum atomic E-state index is 5.82. The normalized spacial score (nSPS) is 21.4. The Bertz CT molecular complexity index is 821. The molecule has 2 aliphatic heterocycles. The Morgan fingerprint density at radius 2 is 1.97 bits per heavy atom. The molecule has 4 rings (SSSR count). The Kier molecular flexibility index (Phi) is 7.63. The first-order valence-electron chi connectivity index (χ1n) is 11.3. The second-order valence-electron chi connectivity index (χ2n) is 8.54. The predicted octanol–water partition coefficient (Wildman–Crippen LogP) is 4.74. The van der Waals surface area contributed by atoms with Gasteiger partial charge >= 0.3 is 0 Å². The Balaban J connectivity index is 1.47. The minimum absolute atomic E-state index is 0.360. The number of benzene rings is 1. The van der Waals surface area contributed by atoms with Gasteiger partial charge in [-0.3, -0.25) is 4.90 Å². The van der Waals surface area contributed by atoms with Crippen LogP contribution in [-0.4, -0.2) is 57.8 Å². The van der Waals surface area contributed by atoms with Crippen LogP contribution in [0, 0.1) is 0 Å². The van der Waals surface area contributed by atoms with Crippen molar-refractivity contribution in [2.75, 3.05) is 32.0 Å². The minimum atomic E-state index is 0.360. The average Bonchev–Trinajstić information content (AvgIpc) is 3.44. The molecule has 0 aliphatic carbocycles. The van der Waals surface area contributed by atoms with Crippen LogP contribution in [0.25, 0.3) is 0 Å². The number of hydrogen-bond acceptors (Lipinski definition) is 5. The van der Waals surface area contributed by atoms with Gasteiger partial charge in [0.1, 0.15) is 5.82 Å². The van der Waals surface area contributed by atoms with Crippen molar-refractivity contribution in [1.29, 1.82) is 0 Å². The Morgan fingerprint density at radius 3 is 2.67 bits per heavy atom. The molecule has 1 atom stereocenters. The third-order valence-corrected chi connectivity index (χ3v) is 7.37. The number of allylic oxidation sites excluding steroid dienone is 1. The first-order valence-corrected chi connectivity index (χ1v) is 12.3. The van der Waals surface area contributed by atoms with Crippen LogP contribution in [0.1, 0.15) is 56.8 Å². The van der Waals surface area contributed by atoms with Gasteiger partial charge in [0.15, 0.2) is 5.16 Å². The molecule has 6 heteroatoms. The van der Waals surface area contributed by atoms with Gasteiger partial charge in [-0.2, -0.15) is 0 Å². The van der Waals surface area contributed by atoms with Gasteiger partial charge < -0.3 is 9.30 Å². The molecule has 2 aliphatic rings. The molecule has 0 radical (unpaired) electrons. The molecule has 0 saturated carbocycles. The molecule has 0 unspecified atom stereocenters. The van der Waals surface area contributed by atoms with E-state index >= 15 is 0 Å². The van der Waals surface area contributed by atoms with Crippen molar-refractivity contribution in [3.8, 4) is 0 Å². The van der Waals surface area contributed by atoms with Crippen molar-refractivity contribution in [3.05, 3.63) is 53.4 Å². The summed E-state index contributed by atoms with van der Waals surface area (Å²) in [5, 5.41) is 10.4. The number of aromatic nitrogens is 3. The molecule has 30 heavy (non-hydrogen) atoms. The van der Waals surface area contributed by atoms with Crippen molar-refractivity contribution in [3.63, 3.8) is 0 Å². The van der Waals surface area contributed by atoms with Gasteiger partial charge in [-0.05, 0) is 58.2 Å². The van der Waals surface area contributed by atoms with Crippen LogP contribution in [-0.2, 0) is 11.3 Å². The third kappa shape index (κ3) is 5.54. The number of thioether (sulfide) groups is 1. The van der Waals surface area contributed by atoms with Crippen LogP contribution in [0.2, 0.25) is 0 Å². The Morgan fingerprint density at radius 1 is 1.17 bits per heavy atom. The minimum Gasteiger partial charge on any atom is -0.377 e. The van der Waals surface area contributed by atoms with Crippen LogP contribution < -0.4 is 0 Å². The Hall–Kier alpha value is -1.63. The molecular formula is C24H34N4OS. The lowest BCUT2D eigenvalue weighted by Gasteiger charge is -2.32. The van der Waals surface area contributed by atoms with E-state index < -0.39 is 0 Å². The zero-order valence-corrected chi connectivity index (χ0v) is 19.1. The number of rotatable bonds is 8. The molecule has 0 bridgehead atoms. The van der Waals surface area contributed by atoms with Crippen LogP contribution in [0.3, 0.4) is 0 Å². The number of nitrogens with zero attached hydrogens (tertiary/aromatic N) is 4. The smallest absolute Gasteiger partial charge is 0.191 e. The summed E-state index contributed by atoms with van der Waals surface area (Å²) in [6.07, 6.45) is 7.23. The molecule has 2 fully saturated rings. The highest BCUT2D eigenvalue weighted by molar-refractivity contribution is 7.99. The average molecular weight is 427 g/mol. The van der Waals surface area contributed by atoms with E-state index in [0.717, 1.165) is 68.8 Å². The molecule has 1 aromatic heterocycles. The first-order chi connectivity index (χ1) is 14.7. The van der Waals surface area contributed by atoms with Gasteiger partial charge in [-0.1, -0.05) is 53.7 Å². The fourth-order valence-electron chi connectivity index (χ4n) is 4.36. The van der Waals surface area contributed by atoms with E-state index in [2.05, 4.69) is 64.8 Å². The molecule has 3 heterocycles. The van der Waals surface area contributed by atoms with Gasteiger partial charge in [0.2, 0.25) is 0 Å². The topological polar surface area (TPSA) is 43.2 Å². The number of likely N-dealkylation sites (tertiary alicyclic amines) is 1. The zero-order valence-electron chi connectivity index (χ0n) is 18.3. The quantitative estimate of drug-likeness (QED) is 0.450. The molecule has 0 N–H and O–H groups in total. The fourth-order valence-corrected chi connectivity index (χ4v) is 5.37. The highest BCUT2D eigenvalue weighted by Crippen LogP contribution is 2.31. The maximum absolute atomic E-state index is 5.82. The van der Waals surface area contributed by atoms with Gasteiger partial charge in [0.05, 0.1) is 12.6 Å². The van der Waals surface area contributed by atoms with E-state index in [-0.39, 0.29) is 0 Å². The highest BCUT2D eigenvalue weighted by Gasteiger charge is 2.27. The third-order valence-electron chi connectivity index (χ3n) is 6.27. The molecule has 2 aromatic rings. The summed E-state index contributed by atoms with van der Waals surface area (Å²) >= 11 is 1.81. The standard InChI is InChI=1S/C24H34N4OS/c1-3-19(2)16-27-13-11-21(12-14-27)23-25-26-24(30-18-22-10-7-15-29-22)28(23)17-20-8-5-4-6-9-20/h3-6,8-9,21-22H,7,10-18H2,1-2H3/b19-3+/t22-/m0/s1. The van der Waals surface area contributed by atoms with Crippen LogP contribution in [0.4, 0.5) is 0 Å². The summed E-state index contributed by atoms with van der Waals surface area (Å²) in [5.41, 5.74) is 2.76. The lowest BCUT2D eigenvalue weighted by molar-refractivity contribution is 0.129. The summed E-state index contributed by atoms with van der Waals surface area (Å²) in [6, 6.07) is 10.7. The number of hydrogen-bond donors (Lipinski definition) is 0. The molecule has 1 aromatic carbocycles. The second-order valence-corrected chi connectivity index (χ2v) is 9.53. The van der Waals surface area contributed by atoms with E-state index in [1.807, 2.05) is 0 Å². The van der Waals surface area contributed by atoms with Gasteiger partial charge in [0, 0.05) is 24.8 Å². The number of ether oxygens (including phenoxy) is 1. The predicted molar refractivity (Wildman–Crippen MR) is 123 cm³/mol. The fraction of sp³-hybridized carbons (Fsp3) is 0.583. The zero-order chi connectivity index (χ0) is 20.8. The molecule has 0 amide bonds. The summed E-state index contributed by atoms with van der Waals surface area (Å²) in [6.45, 7) is 9.44. The van der Waals surface area contributed by atoms with Crippen molar-refractivity contribution in [2.24, 2.45) is 0 Å². The maximum Gasteiger partial charge on any atom is 0.191 e. The molecule has 162 valence electrons. The van der Waals surface area contributed by atoms with Gasteiger partial charge in [0.25, 0.3) is 0 Å². The summed E-state index contributed by atoms with van der Waals surface area (Å²) < 4.78 is 8.19. The Labute approximate surface area is 184 Å². The van der Waals surface area contributed by atoms with E-state index in [1.54, 1.807) is 11.8 Å². The first kappa shape index (κ1) is 21.6. The summed E-state index contributed by atoms with van der Waals surface area (Å²) in [7, 11) is 0. The van der Waals surface area contributed by atoms with E-state index in [0.29, 0.717) is 12.0 Å². The van der Waals surface area contributed by atoms with E-state index in [9.17, 15) is 0 Å². The van der Waals surface area contributed by atoms with Crippen LogP contribution in [0.15, 0.2) is 47.1 Å². The summed E-state index contributed by atoms with van der Waals surface area (Å²) in [5.74, 6) is 2.62. The van der Waals surface area contributed by atoms with Crippen LogP contribution in [0.5, 0.6) is 0 Å². The molecule has 5 nitrogen and oxygen atoms in total.